The van der Waals surface area contributed by atoms with Crippen LogP contribution in [0.25, 0.3) is 44.6 Å². The maximum Gasteiger partial charge on any atom is 0.0544 e. The number of benzene rings is 4. The van der Waals surface area contributed by atoms with E-state index in [4.69, 9.17) is 0 Å². The molecule has 1 unspecified atom stereocenters. The molecule has 0 N–H and O–H groups in total. The number of rotatable bonds is 2. The number of hydrogen-bond donors (Lipinski definition) is 0. The van der Waals surface area contributed by atoms with Crippen LogP contribution in [-0.4, -0.2) is 4.57 Å². The largest absolute Gasteiger partial charge is 0.310 e. The van der Waals surface area contributed by atoms with Crippen LogP contribution in [0.3, 0.4) is 0 Å². The molecule has 34 heavy (non-hydrogen) atoms. The summed E-state index contributed by atoms with van der Waals surface area (Å²) in [5.74, 6) is 0.315. The molecule has 1 heterocycles. The van der Waals surface area contributed by atoms with Crippen molar-refractivity contribution in [1.82, 2.24) is 4.57 Å². The van der Waals surface area contributed by atoms with E-state index in [1.54, 1.807) is 0 Å². The summed E-state index contributed by atoms with van der Waals surface area (Å²) in [5, 5.41) is 4.00. The fraction of sp³-hybridized carbons (Fsp3) is 0.0909. The Balaban J connectivity index is 1.52. The highest BCUT2D eigenvalue weighted by atomic mass is 15.0. The van der Waals surface area contributed by atoms with Gasteiger partial charge in [0.2, 0.25) is 0 Å². The van der Waals surface area contributed by atoms with Gasteiger partial charge in [-0.05, 0) is 51.7 Å². The Kier molecular flexibility index (Phi) is 4.10. The van der Waals surface area contributed by atoms with Crippen LogP contribution >= 0.6 is 0 Å². The van der Waals surface area contributed by atoms with E-state index in [1.807, 2.05) is 0 Å². The van der Waals surface area contributed by atoms with Crippen LogP contribution in [0.4, 0.5) is 0 Å². The molecule has 1 nitrogen and oxygen atoms in total. The summed E-state index contributed by atoms with van der Waals surface area (Å²) in [7, 11) is 0. The van der Waals surface area contributed by atoms with Crippen molar-refractivity contribution >= 4 is 27.8 Å². The number of hydrogen-bond acceptors (Lipinski definition) is 0. The lowest BCUT2D eigenvalue weighted by Crippen LogP contribution is -2.24. The minimum absolute atomic E-state index is 0.00498. The Bertz CT molecular complexity index is 1640. The number of nitrogens with zero attached hydrogens (tertiary/aromatic N) is 1. The lowest BCUT2D eigenvalue weighted by molar-refractivity contribution is 0.482. The first kappa shape index (κ1) is 19.4. The molecule has 2 atom stereocenters. The molecule has 0 fully saturated rings. The average Bonchev–Trinajstić information content (AvgIpc) is 3.24. The summed E-state index contributed by atoms with van der Waals surface area (Å²) in [6.45, 7) is 2.35. The molecule has 2 aliphatic carbocycles. The van der Waals surface area contributed by atoms with E-state index in [0.29, 0.717) is 5.92 Å². The van der Waals surface area contributed by atoms with Crippen LogP contribution < -0.4 is 0 Å². The summed E-state index contributed by atoms with van der Waals surface area (Å²) in [4.78, 5) is 0. The van der Waals surface area contributed by atoms with Gasteiger partial charge in [0.25, 0.3) is 0 Å². The van der Waals surface area contributed by atoms with E-state index in [2.05, 4.69) is 139 Å². The third-order valence-electron chi connectivity index (χ3n) is 7.62. The maximum atomic E-state index is 2.45. The van der Waals surface area contributed by atoms with E-state index in [9.17, 15) is 0 Å². The highest BCUT2D eigenvalue weighted by Gasteiger charge is 2.38. The summed E-state index contributed by atoms with van der Waals surface area (Å²) < 4.78 is 2.45. The van der Waals surface area contributed by atoms with Gasteiger partial charge in [-0.1, -0.05) is 110 Å². The zero-order valence-corrected chi connectivity index (χ0v) is 19.1. The fourth-order valence-corrected chi connectivity index (χ4v) is 5.87. The minimum atomic E-state index is -0.00498. The van der Waals surface area contributed by atoms with Gasteiger partial charge in [-0.25, -0.2) is 0 Å². The van der Waals surface area contributed by atoms with Gasteiger partial charge in [-0.3, -0.25) is 0 Å². The number of allylic oxidation sites excluding steroid dienone is 5. The number of aromatic nitrogens is 1. The van der Waals surface area contributed by atoms with Gasteiger partial charge in [-0.15, -0.1) is 0 Å². The first-order valence-corrected chi connectivity index (χ1v) is 12.0. The second-order valence-electron chi connectivity index (χ2n) is 9.65. The zero-order valence-electron chi connectivity index (χ0n) is 19.1. The molecule has 162 valence electrons. The Labute approximate surface area is 200 Å². The third kappa shape index (κ3) is 2.74. The smallest absolute Gasteiger partial charge is 0.0544 e. The SMILES string of the molecule is C[C@]12C=CC=CC1c1c(n(-c3ccc(-c4ccccc4)cc3)c3ccc4ccccc4c13)C=C2. The van der Waals surface area contributed by atoms with Crippen molar-refractivity contribution in [2.45, 2.75) is 12.8 Å². The molecule has 0 aliphatic heterocycles. The topological polar surface area (TPSA) is 4.93 Å². The van der Waals surface area contributed by atoms with Gasteiger partial charge in [0.15, 0.2) is 0 Å². The summed E-state index contributed by atoms with van der Waals surface area (Å²) in [6.07, 6.45) is 13.8. The van der Waals surface area contributed by atoms with Crippen LogP contribution in [0.1, 0.15) is 24.1 Å². The summed E-state index contributed by atoms with van der Waals surface area (Å²) in [6, 6.07) is 32.9. The molecule has 2 aliphatic rings. The molecular formula is C33H25N. The third-order valence-corrected chi connectivity index (χ3v) is 7.62. The normalized spacial score (nSPS) is 20.6. The molecule has 0 saturated carbocycles. The van der Waals surface area contributed by atoms with Gasteiger partial charge in [0.05, 0.1) is 11.2 Å². The van der Waals surface area contributed by atoms with Crippen molar-refractivity contribution in [3.63, 3.8) is 0 Å². The standard InChI is InChI=1S/C33H25N/c1-33-21-8-7-13-28(33)32-30(20-22-33)34(29-19-16-25-11-5-6-12-27(25)31(29)32)26-17-14-24(15-18-26)23-9-3-2-4-10-23/h2-22,28H,1H3/t28?,33-/m1/s1. The summed E-state index contributed by atoms with van der Waals surface area (Å²) >= 11 is 0. The van der Waals surface area contributed by atoms with Crippen LogP contribution in [-0.2, 0) is 0 Å². The summed E-state index contributed by atoms with van der Waals surface area (Å²) in [5.41, 5.74) is 7.68. The van der Waals surface area contributed by atoms with E-state index >= 15 is 0 Å². The molecular weight excluding hydrogens is 410 g/mol. The van der Waals surface area contributed by atoms with Gasteiger partial charge >= 0.3 is 0 Å². The molecule has 5 aromatic rings. The van der Waals surface area contributed by atoms with Crippen LogP contribution in [0.15, 0.2) is 121 Å². The van der Waals surface area contributed by atoms with Gasteiger partial charge < -0.3 is 4.57 Å². The first-order valence-electron chi connectivity index (χ1n) is 12.0. The molecule has 0 amide bonds. The van der Waals surface area contributed by atoms with Gasteiger partial charge in [0.1, 0.15) is 0 Å². The van der Waals surface area contributed by atoms with E-state index in [1.165, 1.54) is 49.7 Å². The maximum absolute atomic E-state index is 2.45. The average molecular weight is 436 g/mol. The minimum Gasteiger partial charge on any atom is -0.310 e. The van der Waals surface area contributed by atoms with Crippen molar-refractivity contribution < 1.29 is 0 Å². The van der Waals surface area contributed by atoms with Crippen molar-refractivity contribution in [2.24, 2.45) is 5.41 Å². The lowest BCUT2D eigenvalue weighted by Gasteiger charge is -2.36. The van der Waals surface area contributed by atoms with E-state index in [-0.39, 0.29) is 5.41 Å². The molecule has 0 saturated heterocycles. The molecule has 7 rings (SSSR count). The molecule has 4 aromatic carbocycles. The first-order chi connectivity index (χ1) is 16.7. The van der Waals surface area contributed by atoms with Crippen LogP contribution in [0, 0.1) is 5.41 Å². The van der Waals surface area contributed by atoms with Crippen LogP contribution in [0.5, 0.6) is 0 Å². The van der Waals surface area contributed by atoms with Crippen LogP contribution in [0.2, 0.25) is 0 Å². The van der Waals surface area contributed by atoms with Gasteiger partial charge in [0, 0.05) is 22.4 Å². The Hall–Kier alpha value is -4.10. The van der Waals surface area contributed by atoms with E-state index in [0.717, 1.165) is 0 Å². The van der Waals surface area contributed by atoms with E-state index < -0.39 is 0 Å². The quantitative estimate of drug-likeness (QED) is 0.261. The molecule has 1 heteroatoms. The lowest BCUT2D eigenvalue weighted by atomic mass is 9.67. The fourth-order valence-electron chi connectivity index (χ4n) is 5.87. The van der Waals surface area contributed by atoms with Crippen molar-refractivity contribution in [1.29, 1.82) is 0 Å². The highest BCUT2D eigenvalue weighted by molar-refractivity contribution is 6.11. The Morgan fingerprint density at radius 3 is 2.32 bits per heavy atom. The van der Waals surface area contributed by atoms with Crippen molar-refractivity contribution in [3.05, 3.63) is 133 Å². The predicted octanol–water partition coefficient (Wildman–Crippen LogP) is 8.69. The highest BCUT2D eigenvalue weighted by Crippen LogP contribution is 2.51. The van der Waals surface area contributed by atoms with Gasteiger partial charge in [-0.2, -0.15) is 0 Å². The predicted molar refractivity (Wildman–Crippen MR) is 144 cm³/mol. The molecule has 0 bridgehead atoms. The second-order valence-corrected chi connectivity index (χ2v) is 9.65. The van der Waals surface area contributed by atoms with Crippen molar-refractivity contribution in [2.75, 3.05) is 0 Å². The molecule has 1 aromatic heterocycles. The Morgan fingerprint density at radius 2 is 1.47 bits per heavy atom. The second kappa shape index (κ2) is 7.20. The molecule has 0 spiro atoms. The molecule has 0 radical (unpaired) electrons. The monoisotopic (exact) mass is 435 g/mol. The van der Waals surface area contributed by atoms with Crippen molar-refractivity contribution in [3.8, 4) is 16.8 Å². The zero-order chi connectivity index (χ0) is 22.7. The Morgan fingerprint density at radius 1 is 0.706 bits per heavy atom. The number of fused-ring (bicyclic) bond motifs is 7.